The summed E-state index contributed by atoms with van der Waals surface area (Å²) in [5.41, 5.74) is 3.89. The molecule has 0 spiro atoms. The van der Waals surface area contributed by atoms with Crippen molar-refractivity contribution in [3.8, 4) is 5.69 Å². The molecule has 0 atom stereocenters. The number of aryl methyl sites for hydroxylation is 1. The topological polar surface area (TPSA) is 52.7 Å². The van der Waals surface area contributed by atoms with Crippen LogP contribution in [-0.4, -0.2) is 25.3 Å². The Hall–Kier alpha value is -3.02. The molecule has 0 aliphatic carbocycles. The summed E-state index contributed by atoms with van der Waals surface area (Å²) in [7, 11) is 0. The Balaban J connectivity index is 1.86. The molecule has 1 aromatic carbocycles. The Morgan fingerprint density at radius 1 is 1.19 bits per heavy atom. The fraction of sp³-hybridized carbons (Fsp3) is 0.250. The summed E-state index contributed by atoms with van der Waals surface area (Å²) in [5, 5.41) is 8.70. The zero-order chi connectivity index (χ0) is 18.8. The van der Waals surface area contributed by atoms with Crippen molar-refractivity contribution in [3.63, 3.8) is 0 Å². The van der Waals surface area contributed by atoms with Crippen LogP contribution in [0.5, 0.6) is 0 Å². The van der Waals surface area contributed by atoms with Gasteiger partial charge in [0, 0.05) is 23.5 Å². The van der Waals surface area contributed by atoms with E-state index in [0.29, 0.717) is 5.56 Å². The molecule has 0 saturated heterocycles. The van der Waals surface area contributed by atoms with Gasteiger partial charge in [-0.2, -0.15) is 10.2 Å². The summed E-state index contributed by atoms with van der Waals surface area (Å²) >= 11 is 0. The van der Waals surface area contributed by atoms with Gasteiger partial charge < -0.3 is 0 Å². The minimum atomic E-state index is -0.289. The first kappa shape index (κ1) is 17.8. The van der Waals surface area contributed by atoms with Crippen molar-refractivity contribution in [2.45, 2.75) is 33.7 Å². The summed E-state index contributed by atoms with van der Waals surface area (Å²) in [6.45, 7) is 7.82. The summed E-state index contributed by atoms with van der Waals surface area (Å²) in [5.74, 6) is -0.395. The summed E-state index contributed by atoms with van der Waals surface area (Å²) in [4.78, 5) is 12.4. The van der Waals surface area contributed by atoms with Gasteiger partial charge in [-0.25, -0.2) is 9.07 Å². The first-order valence-electron chi connectivity index (χ1n) is 8.45. The number of aromatic nitrogens is 4. The van der Waals surface area contributed by atoms with Crippen molar-refractivity contribution in [2.75, 3.05) is 0 Å². The number of hydrogen-bond acceptors (Lipinski definition) is 3. The standard InChI is InChI=1S/C20H21FN4O/c1-13(2)24-12-16(11-22-24)20(26)10-9-19-14(3)23-25(15(19)4)18-7-5-17(21)6-8-18/h5-13H,1-4H3/b10-9+. The number of allylic oxidation sites excluding steroid dienone is 1. The largest absolute Gasteiger partial charge is 0.289 e. The predicted octanol–water partition coefficient (Wildman–Crippen LogP) is 4.30. The number of halogens is 1. The van der Waals surface area contributed by atoms with Crippen molar-refractivity contribution in [1.82, 2.24) is 19.6 Å². The molecule has 0 N–H and O–H groups in total. The van der Waals surface area contributed by atoms with Gasteiger partial charge in [-0.3, -0.25) is 9.48 Å². The van der Waals surface area contributed by atoms with E-state index in [0.717, 1.165) is 22.6 Å². The lowest BCUT2D eigenvalue weighted by molar-refractivity contribution is 0.104. The first-order valence-corrected chi connectivity index (χ1v) is 8.45. The number of nitrogens with zero attached hydrogens (tertiary/aromatic N) is 4. The van der Waals surface area contributed by atoms with Crippen LogP contribution < -0.4 is 0 Å². The van der Waals surface area contributed by atoms with E-state index in [1.807, 2.05) is 27.7 Å². The maximum atomic E-state index is 13.1. The van der Waals surface area contributed by atoms with E-state index in [2.05, 4.69) is 10.2 Å². The summed E-state index contributed by atoms with van der Waals surface area (Å²) in [6.07, 6.45) is 6.63. The molecule has 134 valence electrons. The molecule has 0 fully saturated rings. The molecule has 26 heavy (non-hydrogen) atoms. The van der Waals surface area contributed by atoms with Crippen LogP contribution in [0.4, 0.5) is 4.39 Å². The van der Waals surface area contributed by atoms with Gasteiger partial charge in [-0.05, 0) is 64.1 Å². The minimum Gasteiger partial charge on any atom is -0.289 e. The Labute approximate surface area is 151 Å². The fourth-order valence-corrected chi connectivity index (χ4v) is 2.73. The number of ketones is 1. The Morgan fingerprint density at radius 2 is 1.88 bits per heavy atom. The average molecular weight is 352 g/mol. The molecule has 0 aliphatic heterocycles. The van der Waals surface area contributed by atoms with Crippen molar-refractivity contribution in [3.05, 3.63) is 71.1 Å². The van der Waals surface area contributed by atoms with Gasteiger partial charge in [0.1, 0.15) is 5.82 Å². The third-order valence-corrected chi connectivity index (χ3v) is 4.23. The monoisotopic (exact) mass is 352 g/mol. The van der Waals surface area contributed by atoms with Crippen LogP contribution >= 0.6 is 0 Å². The predicted molar refractivity (Wildman–Crippen MR) is 99.0 cm³/mol. The van der Waals surface area contributed by atoms with Crippen LogP contribution in [0.3, 0.4) is 0 Å². The molecule has 0 saturated carbocycles. The molecule has 0 amide bonds. The van der Waals surface area contributed by atoms with Gasteiger partial charge >= 0.3 is 0 Å². The second-order valence-electron chi connectivity index (χ2n) is 6.47. The van der Waals surface area contributed by atoms with E-state index < -0.39 is 0 Å². The van der Waals surface area contributed by atoms with Crippen LogP contribution in [0, 0.1) is 19.7 Å². The van der Waals surface area contributed by atoms with Gasteiger partial charge in [-0.15, -0.1) is 0 Å². The SMILES string of the molecule is Cc1nn(-c2ccc(F)cc2)c(C)c1/C=C/C(=O)c1cnn(C(C)C)c1. The molecule has 0 unspecified atom stereocenters. The van der Waals surface area contributed by atoms with Crippen molar-refractivity contribution >= 4 is 11.9 Å². The Bertz CT molecular complexity index is 964. The fourth-order valence-electron chi connectivity index (χ4n) is 2.73. The van der Waals surface area contributed by atoms with Gasteiger partial charge in [0.05, 0.1) is 23.1 Å². The van der Waals surface area contributed by atoms with Gasteiger partial charge in [0.15, 0.2) is 5.78 Å². The van der Waals surface area contributed by atoms with E-state index in [1.54, 1.807) is 40.0 Å². The van der Waals surface area contributed by atoms with Crippen LogP contribution in [0.15, 0.2) is 42.7 Å². The molecule has 6 heteroatoms. The second kappa shape index (κ2) is 7.07. The average Bonchev–Trinajstić information content (AvgIpc) is 3.20. The Morgan fingerprint density at radius 3 is 2.50 bits per heavy atom. The maximum Gasteiger partial charge on any atom is 0.189 e. The first-order chi connectivity index (χ1) is 12.4. The highest BCUT2D eigenvalue weighted by Gasteiger charge is 2.12. The highest BCUT2D eigenvalue weighted by atomic mass is 19.1. The van der Waals surface area contributed by atoms with Crippen LogP contribution in [0.1, 0.15) is 47.2 Å². The summed E-state index contributed by atoms with van der Waals surface area (Å²) < 4.78 is 16.6. The van der Waals surface area contributed by atoms with Crippen molar-refractivity contribution in [2.24, 2.45) is 0 Å². The Kier molecular flexibility index (Phi) is 4.84. The molecular formula is C20H21FN4O. The molecule has 0 radical (unpaired) electrons. The maximum absolute atomic E-state index is 13.1. The number of benzene rings is 1. The molecule has 2 heterocycles. The van der Waals surface area contributed by atoms with Crippen LogP contribution in [0.25, 0.3) is 11.8 Å². The smallest absolute Gasteiger partial charge is 0.189 e. The minimum absolute atomic E-state index is 0.106. The lowest BCUT2D eigenvalue weighted by atomic mass is 10.1. The van der Waals surface area contributed by atoms with E-state index in [9.17, 15) is 9.18 Å². The molecule has 2 aromatic heterocycles. The molecular weight excluding hydrogens is 331 g/mol. The highest BCUT2D eigenvalue weighted by Crippen LogP contribution is 2.20. The van der Waals surface area contributed by atoms with Gasteiger partial charge in [0.25, 0.3) is 0 Å². The normalized spacial score (nSPS) is 11.6. The number of hydrogen-bond donors (Lipinski definition) is 0. The molecule has 0 bridgehead atoms. The molecule has 0 aliphatic rings. The van der Waals surface area contributed by atoms with Gasteiger partial charge in [0.2, 0.25) is 0 Å². The third-order valence-electron chi connectivity index (χ3n) is 4.23. The lowest BCUT2D eigenvalue weighted by Gasteiger charge is -2.04. The number of carbonyl (C=O) groups is 1. The zero-order valence-electron chi connectivity index (χ0n) is 15.3. The van der Waals surface area contributed by atoms with Crippen LogP contribution in [0.2, 0.25) is 0 Å². The summed E-state index contributed by atoms with van der Waals surface area (Å²) in [6, 6.07) is 6.36. The van der Waals surface area contributed by atoms with E-state index in [4.69, 9.17) is 0 Å². The number of rotatable bonds is 5. The molecule has 3 rings (SSSR count). The molecule has 5 nitrogen and oxygen atoms in total. The quantitative estimate of drug-likeness (QED) is 0.508. The van der Waals surface area contributed by atoms with Crippen LogP contribution in [-0.2, 0) is 0 Å². The zero-order valence-corrected chi connectivity index (χ0v) is 15.3. The third kappa shape index (κ3) is 3.49. The van der Waals surface area contributed by atoms with Crippen molar-refractivity contribution in [1.29, 1.82) is 0 Å². The van der Waals surface area contributed by atoms with E-state index >= 15 is 0 Å². The van der Waals surface area contributed by atoms with Gasteiger partial charge in [-0.1, -0.05) is 0 Å². The lowest BCUT2D eigenvalue weighted by Crippen LogP contribution is -2.00. The molecule has 3 aromatic rings. The van der Waals surface area contributed by atoms with E-state index in [1.165, 1.54) is 18.2 Å². The highest BCUT2D eigenvalue weighted by molar-refractivity contribution is 6.06. The second-order valence-corrected chi connectivity index (χ2v) is 6.47. The number of carbonyl (C=O) groups excluding carboxylic acids is 1. The van der Waals surface area contributed by atoms with E-state index in [-0.39, 0.29) is 17.6 Å². The van der Waals surface area contributed by atoms with Crippen molar-refractivity contribution < 1.29 is 9.18 Å².